The average molecular weight is 306 g/mol. The van der Waals surface area contributed by atoms with Crippen molar-refractivity contribution in [2.24, 2.45) is 0 Å². The first-order valence-corrected chi connectivity index (χ1v) is 7.32. The zero-order valence-electron chi connectivity index (χ0n) is 12.1. The molecule has 2 rings (SSSR count). The Labute approximate surface area is 130 Å². The van der Waals surface area contributed by atoms with Crippen LogP contribution < -0.4 is 10.1 Å². The van der Waals surface area contributed by atoms with E-state index in [9.17, 15) is 5.11 Å². The lowest BCUT2D eigenvalue weighted by Crippen LogP contribution is -2.34. The van der Waals surface area contributed by atoms with Crippen LogP contribution >= 0.6 is 11.6 Å². The van der Waals surface area contributed by atoms with Crippen LogP contribution in [0.25, 0.3) is 0 Å². The molecule has 1 unspecified atom stereocenters. The van der Waals surface area contributed by atoms with Crippen molar-refractivity contribution >= 4 is 11.6 Å². The van der Waals surface area contributed by atoms with Crippen LogP contribution in [0.3, 0.4) is 0 Å². The zero-order chi connectivity index (χ0) is 15.1. The second-order valence-electron chi connectivity index (χ2n) is 4.87. The van der Waals surface area contributed by atoms with E-state index in [0.29, 0.717) is 11.6 Å². The van der Waals surface area contributed by atoms with Crippen LogP contribution in [0.2, 0.25) is 5.02 Å². The van der Waals surface area contributed by atoms with Crippen molar-refractivity contribution in [2.45, 2.75) is 19.0 Å². The molecule has 0 radical (unpaired) electrons. The minimum Gasteiger partial charge on any atom is -0.496 e. The third kappa shape index (κ3) is 4.46. The summed E-state index contributed by atoms with van der Waals surface area (Å²) in [5.41, 5.74) is 2.10. The molecular weight excluding hydrogens is 286 g/mol. The van der Waals surface area contributed by atoms with Crippen LogP contribution in [-0.4, -0.2) is 24.9 Å². The number of aliphatic hydroxyl groups is 1. The van der Waals surface area contributed by atoms with Crippen molar-refractivity contribution in [1.29, 1.82) is 0 Å². The smallest absolute Gasteiger partial charge is 0.124 e. The number of hydrogen-bond donors (Lipinski definition) is 2. The van der Waals surface area contributed by atoms with Gasteiger partial charge in [0.25, 0.3) is 0 Å². The van der Waals surface area contributed by atoms with Crippen molar-refractivity contribution in [3.8, 4) is 5.75 Å². The molecule has 0 aliphatic rings. The van der Waals surface area contributed by atoms with Gasteiger partial charge in [-0.1, -0.05) is 48.0 Å². The molecule has 3 nitrogen and oxygen atoms in total. The number of benzene rings is 2. The second kappa shape index (κ2) is 8.03. The van der Waals surface area contributed by atoms with E-state index >= 15 is 0 Å². The van der Waals surface area contributed by atoms with E-state index in [1.807, 2.05) is 36.4 Å². The Bertz CT molecular complexity index is 560. The van der Waals surface area contributed by atoms with Gasteiger partial charge in [0.1, 0.15) is 5.75 Å². The summed E-state index contributed by atoms with van der Waals surface area (Å²) in [7, 11) is 1.63. The average Bonchev–Trinajstić information content (AvgIpc) is 2.53. The van der Waals surface area contributed by atoms with Gasteiger partial charge < -0.3 is 15.2 Å². The molecule has 0 saturated carbocycles. The third-order valence-electron chi connectivity index (χ3n) is 3.41. The third-order valence-corrected chi connectivity index (χ3v) is 3.76. The van der Waals surface area contributed by atoms with Crippen LogP contribution in [-0.2, 0) is 13.0 Å². The highest BCUT2D eigenvalue weighted by Gasteiger charge is 2.12. The second-order valence-corrected chi connectivity index (χ2v) is 5.28. The summed E-state index contributed by atoms with van der Waals surface area (Å²) < 4.78 is 5.32. The molecule has 112 valence electrons. The molecule has 21 heavy (non-hydrogen) atoms. The van der Waals surface area contributed by atoms with E-state index in [1.165, 1.54) is 5.56 Å². The SMILES string of the molecule is COc1cccc(Cl)c1CNC(CO)Cc1ccccc1. The van der Waals surface area contributed by atoms with Gasteiger partial charge >= 0.3 is 0 Å². The monoisotopic (exact) mass is 305 g/mol. The van der Waals surface area contributed by atoms with Gasteiger partial charge in [-0.3, -0.25) is 0 Å². The Morgan fingerprint density at radius 1 is 1.14 bits per heavy atom. The Kier molecular flexibility index (Phi) is 6.05. The molecule has 2 aromatic carbocycles. The number of aliphatic hydroxyl groups excluding tert-OH is 1. The van der Waals surface area contributed by atoms with Gasteiger partial charge in [0.05, 0.1) is 13.7 Å². The number of halogens is 1. The van der Waals surface area contributed by atoms with E-state index < -0.39 is 0 Å². The van der Waals surface area contributed by atoms with Crippen molar-refractivity contribution < 1.29 is 9.84 Å². The summed E-state index contributed by atoms with van der Waals surface area (Å²) in [6.07, 6.45) is 0.768. The van der Waals surface area contributed by atoms with Crippen LogP contribution in [0.15, 0.2) is 48.5 Å². The first-order chi connectivity index (χ1) is 10.2. The van der Waals surface area contributed by atoms with Crippen LogP contribution in [0.4, 0.5) is 0 Å². The van der Waals surface area contributed by atoms with Crippen molar-refractivity contribution in [3.63, 3.8) is 0 Å². The van der Waals surface area contributed by atoms with E-state index in [0.717, 1.165) is 17.7 Å². The number of methoxy groups -OCH3 is 1. The molecule has 2 aromatic rings. The fraction of sp³-hybridized carbons (Fsp3) is 0.294. The van der Waals surface area contributed by atoms with E-state index in [2.05, 4.69) is 17.4 Å². The highest BCUT2D eigenvalue weighted by atomic mass is 35.5. The molecule has 0 saturated heterocycles. The van der Waals surface area contributed by atoms with E-state index in [1.54, 1.807) is 7.11 Å². The fourth-order valence-corrected chi connectivity index (χ4v) is 2.48. The van der Waals surface area contributed by atoms with Crippen LogP contribution in [0.1, 0.15) is 11.1 Å². The molecule has 0 aliphatic carbocycles. The molecule has 0 amide bonds. The maximum Gasteiger partial charge on any atom is 0.124 e. The van der Waals surface area contributed by atoms with Crippen molar-refractivity contribution in [3.05, 3.63) is 64.7 Å². The lowest BCUT2D eigenvalue weighted by molar-refractivity contribution is 0.240. The summed E-state index contributed by atoms with van der Waals surface area (Å²) >= 11 is 6.21. The van der Waals surface area contributed by atoms with E-state index in [4.69, 9.17) is 16.3 Å². The Morgan fingerprint density at radius 3 is 2.57 bits per heavy atom. The minimum absolute atomic E-state index is 0.0200. The number of ether oxygens (including phenoxy) is 1. The molecule has 4 heteroatoms. The van der Waals surface area contributed by atoms with Crippen molar-refractivity contribution in [2.75, 3.05) is 13.7 Å². The van der Waals surface area contributed by atoms with Crippen LogP contribution in [0, 0.1) is 0 Å². The highest BCUT2D eigenvalue weighted by Crippen LogP contribution is 2.26. The molecule has 0 spiro atoms. The van der Waals surface area contributed by atoms with Gasteiger partial charge in [-0.05, 0) is 24.1 Å². The van der Waals surface area contributed by atoms with Gasteiger partial charge in [-0.15, -0.1) is 0 Å². The fourth-order valence-electron chi connectivity index (χ4n) is 2.25. The topological polar surface area (TPSA) is 41.5 Å². The molecule has 0 bridgehead atoms. The van der Waals surface area contributed by atoms with Gasteiger partial charge in [-0.2, -0.15) is 0 Å². The number of hydrogen-bond acceptors (Lipinski definition) is 3. The summed E-state index contributed by atoms with van der Waals surface area (Å²) in [4.78, 5) is 0. The number of rotatable bonds is 7. The standard InChI is InChI=1S/C17H20ClNO2/c1-21-17-9-5-8-16(18)15(17)11-19-14(12-20)10-13-6-3-2-4-7-13/h2-9,14,19-20H,10-12H2,1H3. The summed E-state index contributed by atoms with van der Waals surface area (Å²) in [6, 6.07) is 15.7. The largest absolute Gasteiger partial charge is 0.496 e. The highest BCUT2D eigenvalue weighted by molar-refractivity contribution is 6.31. The first-order valence-electron chi connectivity index (χ1n) is 6.94. The predicted octanol–water partition coefficient (Wildman–Crippen LogP) is 3.04. The summed E-state index contributed by atoms with van der Waals surface area (Å²) in [6.45, 7) is 0.628. The molecule has 0 aliphatic heterocycles. The maximum atomic E-state index is 9.53. The summed E-state index contributed by atoms with van der Waals surface area (Å²) in [5, 5.41) is 13.5. The molecule has 1 atom stereocenters. The molecular formula is C17H20ClNO2. The molecule has 0 fully saturated rings. The normalized spacial score (nSPS) is 12.1. The first kappa shape index (κ1) is 15.8. The van der Waals surface area contributed by atoms with Crippen molar-refractivity contribution in [1.82, 2.24) is 5.32 Å². The minimum atomic E-state index is -0.0200. The van der Waals surface area contributed by atoms with Gasteiger partial charge in [-0.25, -0.2) is 0 Å². The molecule has 0 heterocycles. The maximum absolute atomic E-state index is 9.53. The van der Waals surface area contributed by atoms with E-state index in [-0.39, 0.29) is 12.6 Å². The zero-order valence-corrected chi connectivity index (χ0v) is 12.8. The Balaban J connectivity index is 2.00. The predicted molar refractivity (Wildman–Crippen MR) is 85.9 cm³/mol. The lowest BCUT2D eigenvalue weighted by atomic mass is 10.1. The molecule has 0 aromatic heterocycles. The Hall–Kier alpha value is -1.55. The lowest BCUT2D eigenvalue weighted by Gasteiger charge is -2.18. The Morgan fingerprint density at radius 2 is 1.90 bits per heavy atom. The van der Waals surface area contributed by atoms with Crippen LogP contribution in [0.5, 0.6) is 5.75 Å². The van der Waals surface area contributed by atoms with Gasteiger partial charge in [0.2, 0.25) is 0 Å². The quantitative estimate of drug-likeness (QED) is 0.826. The van der Waals surface area contributed by atoms with Gasteiger partial charge in [0.15, 0.2) is 0 Å². The van der Waals surface area contributed by atoms with Gasteiger partial charge in [0, 0.05) is 23.2 Å². The summed E-state index contributed by atoms with van der Waals surface area (Å²) in [5.74, 6) is 0.756. The number of nitrogens with one attached hydrogen (secondary N) is 1. The molecule has 2 N–H and O–H groups in total.